The van der Waals surface area contributed by atoms with Gasteiger partial charge in [0.15, 0.2) is 0 Å². The van der Waals surface area contributed by atoms with Gasteiger partial charge in [-0.05, 0) is 19.4 Å². The van der Waals surface area contributed by atoms with Crippen molar-refractivity contribution in [2.24, 2.45) is 17.2 Å². The summed E-state index contributed by atoms with van der Waals surface area (Å²) in [6.45, 7) is 0.442. The molecule has 6 heteroatoms. The van der Waals surface area contributed by atoms with Crippen molar-refractivity contribution in [1.29, 1.82) is 0 Å². The predicted octanol–water partition coefficient (Wildman–Crippen LogP) is -1.33. The molecule has 70 valence electrons. The standard InChI is InChI=1S/C6H13N3O3/c7-3-1-2-4(8)5(10)12-6(9)11/h4H,1-3,7-8H2,(H2,9,11). The fourth-order valence-electron chi connectivity index (χ4n) is 0.630. The number of esters is 1. The average Bonchev–Trinajstić information content (AvgIpc) is 1.98. The molecule has 1 atom stereocenters. The van der Waals surface area contributed by atoms with Gasteiger partial charge in [-0.15, -0.1) is 0 Å². The van der Waals surface area contributed by atoms with Gasteiger partial charge in [-0.1, -0.05) is 0 Å². The van der Waals surface area contributed by atoms with Crippen molar-refractivity contribution in [3.05, 3.63) is 0 Å². The molecule has 12 heavy (non-hydrogen) atoms. The van der Waals surface area contributed by atoms with E-state index in [2.05, 4.69) is 10.5 Å². The normalized spacial score (nSPS) is 12.2. The summed E-state index contributed by atoms with van der Waals surface area (Å²) in [7, 11) is 0. The van der Waals surface area contributed by atoms with Crippen molar-refractivity contribution >= 4 is 12.1 Å². The third kappa shape index (κ3) is 4.64. The fourth-order valence-corrected chi connectivity index (χ4v) is 0.630. The maximum Gasteiger partial charge on any atom is 0.412 e. The maximum atomic E-state index is 10.8. The molecule has 0 rings (SSSR count). The van der Waals surface area contributed by atoms with Crippen LogP contribution in [0.15, 0.2) is 0 Å². The van der Waals surface area contributed by atoms with E-state index in [4.69, 9.17) is 11.5 Å². The Kier molecular flexibility index (Phi) is 4.98. The van der Waals surface area contributed by atoms with Crippen LogP contribution < -0.4 is 17.2 Å². The second kappa shape index (κ2) is 5.50. The minimum atomic E-state index is -1.14. The van der Waals surface area contributed by atoms with Crippen LogP contribution in [-0.2, 0) is 9.53 Å². The lowest BCUT2D eigenvalue weighted by Crippen LogP contribution is -2.35. The van der Waals surface area contributed by atoms with Gasteiger partial charge in [0.2, 0.25) is 0 Å². The van der Waals surface area contributed by atoms with E-state index in [0.717, 1.165) is 0 Å². The first-order valence-corrected chi connectivity index (χ1v) is 3.54. The van der Waals surface area contributed by atoms with Crippen molar-refractivity contribution in [2.75, 3.05) is 6.54 Å². The van der Waals surface area contributed by atoms with Crippen LogP contribution in [0.4, 0.5) is 4.79 Å². The van der Waals surface area contributed by atoms with Gasteiger partial charge in [-0.25, -0.2) is 9.59 Å². The van der Waals surface area contributed by atoms with E-state index in [1.54, 1.807) is 0 Å². The number of nitrogens with two attached hydrogens (primary N) is 3. The predicted molar refractivity (Wildman–Crippen MR) is 41.9 cm³/mol. The Morgan fingerprint density at radius 1 is 1.42 bits per heavy atom. The number of hydrogen-bond acceptors (Lipinski definition) is 5. The molecule has 0 saturated heterocycles. The molecule has 0 aliphatic rings. The zero-order chi connectivity index (χ0) is 9.56. The molecule has 0 aromatic rings. The van der Waals surface area contributed by atoms with Crippen LogP contribution in [0.25, 0.3) is 0 Å². The van der Waals surface area contributed by atoms with Gasteiger partial charge in [0, 0.05) is 0 Å². The molecule has 0 aromatic heterocycles. The van der Waals surface area contributed by atoms with Crippen LogP contribution in [0, 0.1) is 0 Å². The van der Waals surface area contributed by atoms with Gasteiger partial charge in [0.1, 0.15) is 6.04 Å². The summed E-state index contributed by atoms with van der Waals surface area (Å²) in [6.07, 6.45) is -0.138. The number of primary amides is 1. The minimum Gasteiger partial charge on any atom is -0.375 e. The molecule has 0 radical (unpaired) electrons. The van der Waals surface area contributed by atoms with Gasteiger partial charge in [-0.3, -0.25) is 0 Å². The summed E-state index contributed by atoms with van der Waals surface area (Å²) in [5.74, 6) is -0.809. The molecular formula is C6H13N3O3. The van der Waals surface area contributed by atoms with Crippen LogP contribution in [0.5, 0.6) is 0 Å². The second-order valence-corrected chi connectivity index (χ2v) is 2.28. The molecule has 0 heterocycles. The van der Waals surface area contributed by atoms with E-state index >= 15 is 0 Å². The van der Waals surface area contributed by atoms with E-state index in [0.29, 0.717) is 19.4 Å². The van der Waals surface area contributed by atoms with E-state index in [-0.39, 0.29) is 0 Å². The molecule has 0 spiro atoms. The fraction of sp³-hybridized carbons (Fsp3) is 0.667. The first-order valence-electron chi connectivity index (χ1n) is 3.54. The number of ether oxygens (including phenoxy) is 1. The highest BCUT2D eigenvalue weighted by atomic mass is 16.6. The SMILES string of the molecule is NCCCC(N)C(=O)OC(N)=O. The summed E-state index contributed by atoms with van der Waals surface area (Å²) < 4.78 is 4.04. The molecule has 0 bridgehead atoms. The monoisotopic (exact) mass is 175 g/mol. The summed E-state index contributed by atoms with van der Waals surface area (Å²) in [5.41, 5.74) is 15.1. The van der Waals surface area contributed by atoms with Crippen LogP contribution in [0.2, 0.25) is 0 Å². The average molecular weight is 175 g/mol. The van der Waals surface area contributed by atoms with Crippen molar-refractivity contribution in [3.63, 3.8) is 0 Å². The van der Waals surface area contributed by atoms with Crippen LogP contribution in [0.1, 0.15) is 12.8 Å². The van der Waals surface area contributed by atoms with E-state index in [1.807, 2.05) is 0 Å². The Labute approximate surface area is 70.0 Å². The third-order valence-corrected chi connectivity index (χ3v) is 1.22. The lowest BCUT2D eigenvalue weighted by Gasteiger charge is -2.07. The van der Waals surface area contributed by atoms with Crippen molar-refractivity contribution in [3.8, 4) is 0 Å². The molecule has 6 nitrogen and oxygen atoms in total. The molecular weight excluding hydrogens is 162 g/mol. The quantitative estimate of drug-likeness (QED) is 0.361. The third-order valence-electron chi connectivity index (χ3n) is 1.22. The first kappa shape index (κ1) is 10.9. The zero-order valence-electron chi connectivity index (χ0n) is 6.66. The highest BCUT2D eigenvalue weighted by Crippen LogP contribution is 1.95. The number of hydrogen-bond donors (Lipinski definition) is 3. The molecule has 1 amide bonds. The topological polar surface area (TPSA) is 121 Å². The molecule has 0 aliphatic heterocycles. The van der Waals surface area contributed by atoms with Crippen molar-refractivity contribution in [1.82, 2.24) is 0 Å². The highest BCUT2D eigenvalue weighted by molar-refractivity contribution is 5.86. The lowest BCUT2D eigenvalue weighted by atomic mass is 10.2. The van der Waals surface area contributed by atoms with Crippen LogP contribution in [0.3, 0.4) is 0 Å². The number of rotatable bonds is 4. The Bertz CT molecular complexity index is 171. The first-order chi connectivity index (χ1) is 5.57. The summed E-state index contributed by atoms with van der Waals surface area (Å²) >= 11 is 0. The number of amides is 1. The summed E-state index contributed by atoms with van der Waals surface area (Å²) in [5, 5.41) is 0. The number of carbonyl (C=O) groups is 2. The van der Waals surface area contributed by atoms with E-state index < -0.39 is 18.1 Å². The number of carbonyl (C=O) groups excluding carboxylic acids is 2. The smallest absolute Gasteiger partial charge is 0.375 e. The van der Waals surface area contributed by atoms with Crippen molar-refractivity contribution < 1.29 is 14.3 Å². The van der Waals surface area contributed by atoms with Gasteiger partial charge >= 0.3 is 12.1 Å². The van der Waals surface area contributed by atoms with Gasteiger partial charge in [0.05, 0.1) is 0 Å². The van der Waals surface area contributed by atoms with Gasteiger partial charge in [0.25, 0.3) is 0 Å². The Morgan fingerprint density at radius 2 is 2.00 bits per heavy atom. The molecule has 0 aromatic carbocycles. The highest BCUT2D eigenvalue weighted by Gasteiger charge is 2.16. The van der Waals surface area contributed by atoms with Crippen molar-refractivity contribution in [2.45, 2.75) is 18.9 Å². The molecule has 6 N–H and O–H groups in total. The Hall–Kier alpha value is -1.14. The van der Waals surface area contributed by atoms with Crippen LogP contribution >= 0.6 is 0 Å². The Morgan fingerprint density at radius 3 is 2.42 bits per heavy atom. The molecule has 1 unspecified atom stereocenters. The Balaban J connectivity index is 3.69. The zero-order valence-corrected chi connectivity index (χ0v) is 6.66. The largest absolute Gasteiger partial charge is 0.412 e. The molecule has 0 aliphatic carbocycles. The summed E-state index contributed by atoms with van der Waals surface area (Å²) in [4.78, 5) is 20.9. The molecule has 0 fully saturated rings. The minimum absolute atomic E-state index is 0.391. The second-order valence-electron chi connectivity index (χ2n) is 2.28. The van der Waals surface area contributed by atoms with E-state index in [9.17, 15) is 9.59 Å². The molecule has 0 saturated carbocycles. The lowest BCUT2D eigenvalue weighted by molar-refractivity contribution is -0.138. The van der Waals surface area contributed by atoms with Gasteiger partial charge < -0.3 is 21.9 Å². The maximum absolute atomic E-state index is 10.8. The van der Waals surface area contributed by atoms with E-state index in [1.165, 1.54) is 0 Å². The summed E-state index contributed by atoms with van der Waals surface area (Å²) in [6, 6.07) is -0.818. The van der Waals surface area contributed by atoms with Crippen LogP contribution in [-0.4, -0.2) is 24.6 Å². The van der Waals surface area contributed by atoms with Gasteiger partial charge in [-0.2, -0.15) is 0 Å².